The van der Waals surface area contributed by atoms with E-state index in [2.05, 4.69) is 10.6 Å². The topological polar surface area (TPSA) is 70.7 Å². The third kappa shape index (κ3) is 5.45. The molecule has 0 fully saturated rings. The first-order valence-electron chi connectivity index (χ1n) is 12.8. The molecule has 4 aromatic carbocycles. The van der Waals surface area contributed by atoms with Crippen molar-refractivity contribution in [3.8, 4) is 0 Å². The smallest absolute Gasteiger partial charge is 0.256 e. The maximum Gasteiger partial charge on any atom is 0.256 e. The standard InChI is InChI=1S/C32H31N3O3/c1-38-21-11-20-35-30(27-18-8-9-19-28(27)32(35)37)33-26-17-10-16-25(22-26)31(36)34-29(23-12-4-2-5-13-23)24-14-6-3-7-15-24/h2-10,12-19,22,29-30,33H,11,20-21H2,1H3,(H,34,36). The number of hydrogen-bond donors (Lipinski definition) is 2. The summed E-state index contributed by atoms with van der Waals surface area (Å²) in [5.74, 6) is -0.178. The molecule has 1 heterocycles. The van der Waals surface area contributed by atoms with E-state index in [0.717, 1.165) is 28.8 Å². The second-order valence-corrected chi connectivity index (χ2v) is 9.29. The number of hydrogen-bond acceptors (Lipinski definition) is 4. The van der Waals surface area contributed by atoms with Crippen molar-refractivity contribution in [1.29, 1.82) is 0 Å². The molecule has 0 aromatic heterocycles. The lowest BCUT2D eigenvalue weighted by molar-refractivity contribution is 0.0721. The Balaban J connectivity index is 1.38. The largest absolute Gasteiger partial charge is 0.385 e. The predicted octanol–water partition coefficient (Wildman–Crippen LogP) is 5.81. The number of benzene rings is 4. The number of carbonyl (C=O) groups is 2. The molecule has 192 valence electrons. The summed E-state index contributed by atoms with van der Waals surface area (Å²) in [6, 6.07) is 34.7. The normalized spacial score (nSPS) is 14.4. The molecule has 0 spiro atoms. The highest BCUT2D eigenvalue weighted by Gasteiger charge is 2.36. The van der Waals surface area contributed by atoms with E-state index in [0.29, 0.717) is 24.3 Å². The fourth-order valence-corrected chi connectivity index (χ4v) is 4.91. The van der Waals surface area contributed by atoms with Gasteiger partial charge in [-0.2, -0.15) is 0 Å². The van der Waals surface area contributed by atoms with Gasteiger partial charge in [0, 0.05) is 42.6 Å². The average Bonchev–Trinajstić information content (AvgIpc) is 3.23. The van der Waals surface area contributed by atoms with Gasteiger partial charge >= 0.3 is 0 Å². The molecule has 0 saturated carbocycles. The zero-order valence-electron chi connectivity index (χ0n) is 21.3. The molecule has 0 aliphatic carbocycles. The Labute approximate surface area is 223 Å². The van der Waals surface area contributed by atoms with Crippen LogP contribution in [0, 0.1) is 0 Å². The van der Waals surface area contributed by atoms with Crippen LogP contribution in [0.3, 0.4) is 0 Å². The lowest BCUT2D eigenvalue weighted by atomic mass is 9.98. The molecule has 6 heteroatoms. The molecule has 1 aliphatic rings. The van der Waals surface area contributed by atoms with Crippen LogP contribution in [-0.4, -0.2) is 37.0 Å². The molecular weight excluding hydrogens is 474 g/mol. The van der Waals surface area contributed by atoms with Gasteiger partial charge in [0.25, 0.3) is 11.8 Å². The molecule has 2 amide bonds. The summed E-state index contributed by atoms with van der Waals surface area (Å²) in [5, 5.41) is 6.71. The van der Waals surface area contributed by atoms with Crippen molar-refractivity contribution in [1.82, 2.24) is 10.2 Å². The van der Waals surface area contributed by atoms with Crippen molar-refractivity contribution in [2.75, 3.05) is 25.6 Å². The maximum absolute atomic E-state index is 13.5. The molecule has 1 atom stereocenters. The molecule has 0 radical (unpaired) electrons. The van der Waals surface area contributed by atoms with E-state index in [1.165, 1.54) is 0 Å². The summed E-state index contributed by atoms with van der Waals surface area (Å²) in [7, 11) is 1.66. The Morgan fingerprint density at radius 2 is 1.53 bits per heavy atom. The molecule has 1 unspecified atom stereocenters. The van der Waals surface area contributed by atoms with E-state index >= 15 is 0 Å². The summed E-state index contributed by atoms with van der Waals surface area (Å²) < 4.78 is 5.20. The number of nitrogens with zero attached hydrogens (tertiary/aromatic N) is 1. The molecule has 1 aliphatic heterocycles. The number of anilines is 1. The second kappa shape index (κ2) is 11.8. The first-order chi connectivity index (χ1) is 18.7. The molecule has 6 nitrogen and oxygen atoms in total. The lowest BCUT2D eigenvalue weighted by Crippen LogP contribution is -2.33. The monoisotopic (exact) mass is 505 g/mol. The van der Waals surface area contributed by atoms with Gasteiger partial charge in [0.1, 0.15) is 6.17 Å². The molecular formula is C32H31N3O3. The number of methoxy groups -OCH3 is 1. The minimum atomic E-state index is -0.324. The third-order valence-electron chi connectivity index (χ3n) is 6.78. The number of fused-ring (bicyclic) bond motifs is 1. The predicted molar refractivity (Wildman–Crippen MR) is 149 cm³/mol. The number of rotatable bonds is 10. The van der Waals surface area contributed by atoms with Crippen LogP contribution in [-0.2, 0) is 4.74 Å². The van der Waals surface area contributed by atoms with Gasteiger partial charge in [-0.25, -0.2) is 0 Å². The first kappa shape index (κ1) is 25.2. The van der Waals surface area contributed by atoms with Gasteiger partial charge in [0.2, 0.25) is 0 Å². The molecule has 2 N–H and O–H groups in total. The highest BCUT2D eigenvalue weighted by atomic mass is 16.5. The number of nitrogens with one attached hydrogen (secondary N) is 2. The van der Waals surface area contributed by atoms with E-state index in [-0.39, 0.29) is 24.0 Å². The van der Waals surface area contributed by atoms with Gasteiger partial charge in [-0.15, -0.1) is 0 Å². The summed E-state index contributed by atoms with van der Waals surface area (Å²) in [6.07, 6.45) is 0.410. The van der Waals surface area contributed by atoms with Crippen LogP contribution < -0.4 is 10.6 Å². The van der Waals surface area contributed by atoms with E-state index in [1.54, 1.807) is 13.2 Å². The van der Waals surface area contributed by atoms with E-state index in [4.69, 9.17) is 4.74 Å². The summed E-state index contributed by atoms with van der Waals surface area (Å²) >= 11 is 0. The quantitative estimate of drug-likeness (QED) is 0.267. The number of ether oxygens (including phenoxy) is 1. The van der Waals surface area contributed by atoms with Crippen LogP contribution >= 0.6 is 0 Å². The number of carbonyl (C=O) groups excluding carboxylic acids is 2. The second-order valence-electron chi connectivity index (χ2n) is 9.29. The van der Waals surface area contributed by atoms with Crippen molar-refractivity contribution >= 4 is 17.5 Å². The van der Waals surface area contributed by atoms with Crippen molar-refractivity contribution in [3.05, 3.63) is 137 Å². The van der Waals surface area contributed by atoms with Crippen molar-refractivity contribution in [2.45, 2.75) is 18.6 Å². The maximum atomic E-state index is 13.5. The zero-order chi connectivity index (χ0) is 26.3. The van der Waals surface area contributed by atoms with Gasteiger partial charge in [0.15, 0.2) is 0 Å². The van der Waals surface area contributed by atoms with Crippen LogP contribution in [0.1, 0.15) is 56.0 Å². The molecule has 4 aromatic rings. The van der Waals surface area contributed by atoms with E-state index in [9.17, 15) is 9.59 Å². The SMILES string of the molecule is COCCCN1C(=O)c2ccccc2C1Nc1cccc(C(=O)NC(c2ccccc2)c2ccccc2)c1. The Bertz CT molecular complexity index is 1350. The van der Waals surface area contributed by atoms with Gasteiger partial charge in [-0.3, -0.25) is 9.59 Å². The summed E-state index contributed by atoms with van der Waals surface area (Å²) in [5.41, 5.74) is 4.95. The van der Waals surface area contributed by atoms with Crippen molar-refractivity contribution in [2.24, 2.45) is 0 Å². The Morgan fingerprint density at radius 3 is 2.21 bits per heavy atom. The Kier molecular flexibility index (Phi) is 7.81. The zero-order valence-corrected chi connectivity index (χ0v) is 21.3. The Hall–Kier alpha value is -4.42. The summed E-state index contributed by atoms with van der Waals surface area (Å²) in [6.45, 7) is 1.14. The molecule has 0 saturated heterocycles. The lowest BCUT2D eigenvalue weighted by Gasteiger charge is -2.27. The van der Waals surface area contributed by atoms with Gasteiger partial charge in [0.05, 0.1) is 6.04 Å². The molecule has 38 heavy (non-hydrogen) atoms. The van der Waals surface area contributed by atoms with Crippen LogP contribution in [0.4, 0.5) is 5.69 Å². The van der Waals surface area contributed by atoms with Crippen molar-refractivity contribution in [3.63, 3.8) is 0 Å². The van der Waals surface area contributed by atoms with E-state index < -0.39 is 0 Å². The average molecular weight is 506 g/mol. The van der Waals surface area contributed by atoms with Gasteiger partial charge < -0.3 is 20.3 Å². The minimum absolute atomic E-state index is 0.00309. The van der Waals surface area contributed by atoms with Gasteiger partial charge in [-0.1, -0.05) is 84.9 Å². The fraction of sp³-hybridized carbons (Fsp3) is 0.188. The van der Waals surface area contributed by atoms with E-state index in [1.807, 2.05) is 108 Å². The molecule has 0 bridgehead atoms. The Morgan fingerprint density at radius 1 is 0.868 bits per heavy atom. The molecule has 5 rings (SSSR count). The van der Waals surface area contributed by atoms with Crippen LogP contribution in [0.25, 0.3) is 0 Å². The first-order valence-corrected chi connectivity index (χ1v) is 12.8. The minimum Gasteiger partial charge on any atom is -0.385 e. The van der Waals surface area contributed by atoms with Crippen LogP contribution in [0.5, 0.6) is 0 Å². The highest BCUT2D eigenvalue weighted by molar-refractivity contribution is 5.99. The number of amides is 2. The highest BCUT2D eigenvalue weighted by Crippen LogP contribution is 2.34. The third-order valence-corrected chi connectivity index (χ3v) is 6.78. The van der Waals surface area contributed by atoms with Crippen LogP contribution in [0.2, 0.25) is 0 Å². The van der Waals surface area contributed by atoms with Crippen molar-refractivity contribution < 1.29 is 14.3 Å². The summed E-state index contributed by atoms with van der Waals surface area (Å²) in [4.78, 5) is 28.4. The fourth-order valence-electron chi connectivity index (χ4n) is 4.91. The van der Waals surface area contributed by atoms with Crippen LogP contribution in [0.15, 0.2) is 109 Å². The van der Waals surface area contributed by atoms with Gasteiger partial charge in [-0.05, 0) is 41.8 Å².